The Hall–Kier alpha value is -1.26. The van der Waals surface area contributed by atoms with Gasteiger partial charge in [-0.1, -0.05) is 12.1 Å². The van der Waals surface area contributed by atoms with E-state index in [0.29, 0.717) is 6.04 Å². The Bertz CT molecular complexity index is 512. The minimum absolute atomic E-state index is 0.407. The molecule has 2 heterocycles. The molecule has 0 amide bonds. The lowest BCUT2D eigenvalue weighted by atomic mass is 10.2. The van der Waals surface area contributed by atoms with Gasteiger partial charge in [0.15, 0.2) is 0 Å². The van der Waals surface area contributed by atoms with E-state index in [2.05, 4.69) is 45.8 Å². The number of thioether (sulfide) groups is 1. The number of hydrogen-bond donors (Lipinski definition) is 2. The van der Waals surface area contributed by atoms with Gasteiger partial charge in [0.2, 0.25) is 0 Å². The fourth-order valence-electron chi connectivity index (χ4n) is 2.35. The van der Waals surface area contributed by atoms with E-state index in [1.54, 1.807) is 11.8 Å². The van der Waals surface area contributed by atoms with Crippen LogP contribution in [0.5, 0.6) is 0 Å². The largest absolute Gasteiger partial charge is 0.341 e. The van der Waals surface area contributed by atoms with Gasteiger partial charge in [-0.3, -0.25) is 0 Å². The van der Waals surface area contributed by atoms with Gasteiger partial charge in [-0.15, -0.1) is 11.8 Å². The van der Waals surface area contributed by atoms with Gasteiger partial charge < -0.3 is 10.3 Å². The summed E-state index contributed by atoms with van der Waals surface area (Å²) in [4.78, 5) is 9.21. The van der Waals surface area contributed by atoms with Gasteiger partial charge in [-0.25, -0.2) is 4.98 Å². The van der Waals surface area contributed by atoms with Crippen LogP contribution in [0.3, 0.4) is 0 Å². The molecule has 3 rings (SSSR count). The summed E-state index contributed by atoms with van der Waals surface area (Å²) < 4.78 is 0. The summed E-state index contributed by atoms with van der Waals surface area (Å²) in [5.41, 5.74) is 2.30. The maximum absolute atomic E-state index is 4.49. The summed E-state index contributed by atoms with van der Waals surface area (Å²) >= 11 is 1.76. The fraction of sp³-hybridized carbons (Fsp3) is 0.357. The zero-order valence-corrected chi connectivity index (χ0v) is 11.3. The predicted octanol–water partition coefficient (Wildman–Crippen LogP) is 3.22. The molecule has 0 saturated carbocycles. The van der Waals surface area contributed by atoms with Crippen LogP contribution in [0, 0.1) is 0 Å². The number of rotatable bonds is 3. The van der Waals surface area contributed by atoms with Gasteiger partial charge in [0, 0.05) is 4.90 Å². The third-order valence-electron chi connectivity index (χ3n) is 3.39. The summed E-state index contributed by atoms with van der Waals surface area (Å²) in [7, 11) is 0. The van der Waals surface area contributed by atoms with Crippen molar-refractivity contribution in [3.8, 4) is 11.3 Å². The number of aromatic nitrogens is 2. The molecule has 1 saturated heterocycles. The van der Waals surface area contributed by atoms with Crippen LogP contribution >= 0.6 is 11.8 Å². The van der Waals surface area contributed by atoms with Crippen molar-refractivity contribution in [2.75, 3.05) is 12.8 Å². The number of nitrogens with zero attached hydrogens (tertiary/aromatic N) is 1. The molecule has 94 valence electrons. The van der Waals surface area contributed by atoms with E-state index in [-0.39, 0.29) is 0 Å². The molecular weight excluding hydrogens is 242 g/mol. The van der Waals surface area contributed by atoms with Crippen LogP contribution in [-0.4, -0.2) is 22.8 Å². The molecule has 2 aromatic rings. The number of aromatic amines is 1. The molecule has 18 heavy (non-hydrogen) atoms. The molecule has 1 fully saturated rings. The van der Waals surface area contributed by atoms with Crippen molar-refractivity contribution in [1.29, 1.82) is 0 Å². The molecule has 0 spiro atoms. The maximum atomic E-state index is 4.49. The number of benzene rings is 1. The Morgan fingerprint density at radius 1 is 1.28 bits per heavy atom. The Morgan fingerprint density at radius 3 is 2.78 bits per heavy atom. The van der Waals surface area contributed by atoms with Crippen LogP contribution in [0.1, 0.15) is 24.7 Å². The molecule has 4 heteroatoms. The van der Waals surface area contributed by atoms with Gasteiger partial charge in [0.05, 0.1) is 17.9 Å². The molecule has 1 atom stereocenters. The molecule has 1 unspecified atom stereocenters. The molecule has 1 aromatic heterocycles. The molecule has 1 aromatic carbocycles. The van der Waals surface area contributed by atoms with Crippen molar-refractivity contribution < 1.29 is 0 Å². The van der Waals surface area contributed by atoms with Crippen molar-refractivity contribution in [3.05, 3.63) is 36.3 Å². The minimum Gasteiger partial charge on any atom is -0.341 e. The molecule has 0 bridgehead atoms. The highest BCUT2D eigenvalue weighted by molar-refractivity contribution is 7.98. The van der Waals surface area contributed by atoms with E-state index in [1.807, 2.05) is 6.20 Å². The molecule has 1 aliphatic rings. The lowest BCUT2D eigenvalue weighted by Crippen LogP contribution is -2.14. The predicted molar refractivity (Wildman–Crippen MR) is 75.8 cm³/mol. The van der Waals surface area contributed by atoms with Crippen LogP contribution in [0.2, 0.25) is 0 Å². The average molecular weight is 259 g/mol. The van der Waals surface area contributed by atoms with Gasteiger partial charge in [0.1, 0.15) is 5.82 Å². The van der Waals surface area contributed by atoms with Crippen LogP contribution in [0.15, 0.2) is 35.4 Å². The van der Waals surface area contributed by atoms with Crippen LogP contribution in [0.4, 0.5) is 0 Å². The fourth-order valence-corrected chi connectivity index (χ4v) is 2.76. The average Bonchev–Trinajstić information content (AvgIpc) is 3.09. The van der Waals surface area contributed by atoms with Gasteiger partial charge in [-0.2, -0.15) is 0 Å². The highest BCUT2D eigenvalue weighted by Crippen LogP contribution is 2.25. The van der Waals surface area contributed by atoms with Gasteiger partial charge in [-0.05, 0) is 43.3 Å². The van der Waals surface area contributed by atoms with Crippen molar-refractivity contribution in [2.45, 2.75) is 23.8 Å². The first-order chi connectivity index (χ1) is 8.86. The summed E-state index contributed by atoms with van der Waals surface area (Å²) in [5, 5.41) is 3.46. The Morgan fingerprint density at radius 2 is 2.11 bits per heavy atom. The second-order valence-corrected chi connectivity index (χ2v) is 5.44. The molecule has 2 N–H and O–H groups in total. The summed E-state index contributed by atoms with van der Waals surface area (Å²) in [6, 6.07) is 8.99. The number of H-pyrrole nitrogens is 1. The van der Waals surface area contributed by atoms with E-state index in [4.69, 9.17) is 0 Å². The molecule has 3 nitrogen and oxygen atoms in total. The second kappa shape index (κ2) is 5.16. The van der Waals surface area contributed by atoms with Crippen LogP contribution < -0.4 is 5.32 Å². The standard InChI is InChI=1S/C14H17N3S/c1-18-11-6-4-10(5-7-11)13-9-16-14(17-13)12-3-2-8-15-12/h4-7,9,12,15H,2-3,8H2,1H3,(H,16,17). The van der Waals surface area contributed by atoms with E-state index in [9.17, 15) is 0 Å². The monoisotopic (exact) mass is 259 g/mol. The van der Waals surface area contributed by atoms with Crippen LogP contribution in [-0.2, 0) is 0 Å². The molecule has 0 radical (unpaired) electrons. The van der Waals surface area contributed by atoms with E-state index in [1.165, 1.54) is 23.3 Å². The molecule has 0 aliphatic carbocycles. The summed E-state index contributed by atoms with van der Waals surface area (Å²) in [6.07, 6.45) is 6.44. The quantitative estimate of drug-likeness (QED) is 0.831. The summed E-state index contributed by atoms with van der Waals surface area (Å²) in [5.74, 6) is 1.07. The summed E-state index contributed by atoms with van der Waals surface area (Å²) in [6.45, 7) is 1.10. The lowest BCUT2D eigenvalue weighted by molar-refractivity contribution is 0.613. The zero-order valence-electron chi connectivity index (χ0n) is 10.4. The SMILES string of the molecule is CSc1ccc(-c2cnc(C3CCCN3)[nH]2)cc1. The molecule has 1 aliphatic heterocycles. The topological polar surface area (TPSA) is 40.7 Å². The zero-order chi connectivity index (χ0) is 12.4. The highest BCUT2D eigenvalue weighted by atomic mass is 32.2. The van der Waals surface area contributed by atoms with E-state index < -0.39 is 0 Å². The smallest absolute Gasteiger partial charge is 0.123 e. The normalized spacial score (nSPS) is 19.3. The third kappa shape index (κ3) is 2.31. The Balaban J connectivity index is 1.82. The van der Waals surface area contributed by atoms with E-state index >= 15 is 0 Å². The number of hydrogen-bond acceptors (Lipinski definition) is 3. The first-order valence-corrected chi connectivity index (χ1v) is 7.52. The van der Waals surface area contributed by atoms with E-state index in [0.717, 1.165) is 18.1 Å². The lowest BCUT2D eigenvalue weighted by Gasteiger charge is -2.05. The highest BCUT2D eigenvalue weighted by Gasteiger charge is 2.19. The number of imidazole rings is 1. The second-order valence-electron chi connectivity index (χ2n) is 4.56. The van der Waals surface area contributed by atoms with Crippen molar-refractivity contribution in [2.24, 2.45) is 0 Å². The Labute approximate surface area is 111 Å². The Kier molecular flexibility index (Phi) is 3.39. The number of nitrogens with one attached hydrogen (secondary N) is 2. The first kappa shape index (κ1) is 11.8. The minimum atomic E-state index is 0.407. The van der Waals surface area contributed by atoms with Crippen LogP contribution in [0.25, 0.3) is 11.3 Å². The third-order valence-corrected chi connectivity index (χ3v) is 4.13. The van der Waals surface area contributed by atoms with Crippen molar-refractivity contribution >= 4 is 11.8 Å². The van der Waals surface area contributed by atoms with Gasteiger partial charge in [0.25, 0.3) is 0 Å². The van der Waals surface area contributed by atoms with Gasteiger partial charge >= 0.3 is 0 Å². The maximum Gasteiger partial charge on any atom is 0.123 e. The molecular formula is C14H17N3S. The van der Waals surface area contributed by atoms with Crippen molar-refractivity contribution in [3.63, 3.8) is 0 Å². The first-order valence-electron chi connectivity index (χ1n) is 6.29. The van der Waals surface area contributed by atoms with Crippen molar-refractivity contribution in [1.82, 2.24) is 15.3 Å².